The number of carbonyl (C=O) groups excluding carboxylic acids is 3. The van der Waals surface area contributed by atoms with Crippen molar-refractivity contribution < 1.29 is 58.2 Å². The molecule has 0 amide bonds. The number of carboxylic acids is 1. The maximum Gasteiger partial charge on any atom is 0.335 e. The van der Waals surface area contributed by atoms with Crippen molar-refractivity contribution >= 4 is 23.9 Å². The second kappa shape index (κ2) is 49.3. The van der Waals surface area contributed by atoms with Gasteiger partial charge in [0.2, 0.25) is 0 Å². The number of aliphatic hydroxyl groups is 2. The van der Waals surface area contributed by atoms with Crippen molar-refractivity contribution in [3.63, 3.8) is 0 Å². The molecular weight excluding hydrogens is 925 g/mol. The molecule has 1 heterocycles. The van der Waals surface area contributed by atoms with Crippen LogP contribution in [0.3, 0.4) is 0 Å². The fraction of sp³-hybridized carbons (Fsp3) is 0.770. The van der Waals surface area contributed by atoms with Crippen molar-refractivity contribution in [1.29, 1.82) is 0 Å². The van der Waals surface area contributed by atoms with Crippen molar-refractivity contribution in [2.45, 2.75) is 289 Å². The number of rotatable bonds is 49. The summed E-state index contributed by atoms with van der Waals surface area (Å²) >= 11 is 0. The molecule has 1 rings (SSSR count). The number of carboxylic acid groups (broad SMARTS) is 1. The standard InChI is InChI=1S/C61H104O12/c1-4-7-10-13-16-19-22-25-27-30-32-35-38-41-44-47-53(62)69-50-52(71-54(63)48-45-42-39-36-33-29-24-21-18-15-12-9-6-3)51-70-61-59(57(66)56(65)58(73-61)60(67)68)72-55(64)49-46-43-40-37-34-31-28-26-23-20-17-14-11-8-5-2/h12,15-16,19,21,24-28,52,56-59,61,65-66H,4-11,13-14,17-18,20,22-23,29-51H2,1-3H3,(H,67,68)/b15-12-,19-16-,24-21-,27-25-,28-26-. The van der Waals surface area contributed by atoms with Gasteiger partial charge in [-0.3, -0.25) is 14.4 Å². The number of carbonyl (C=O) groups is 4. The number of aliphatic carboxylic acids is 1. The second-order valence-corrected chi connectivity index (χ2v) is 19.9. The van der Waals surface area contributed by atoms with Gasteiger partial charge in [-0.05, 0) is 103 Å². The lowest BCUT2D eigenvalue weighted by Gasteiger charge is -2.40. The van der Waals surface area contributed by atoms with E-state index in [1.54, 1.807) is 0 Å². The third-order valence-corrected chi connectivity index (χ3v) is 13.0. The van der Waals surface area contributed by atoms with E-state index in [2.05, 4.69) is 81.5 Å². The Morgan fingerprint density at radius 2 is 0.849 bits per heavy atom. The predicted molar refractivity (Wildman–Crippen MR) is 294 cm³/mol. The van der Waals surface area contributed by atoms with E-state index in [-0.39, 0.29) is 25.9 Å². The molecule has 1 aliphatic rings. The lowest BCUT2D eigenvalue weighted by Crippen LogP contribution is -2.61. The van der Waals surface area contributed by atoms with E-state index in [0.717, 1.165) is 135 Å². The van der Waals surface area contributed by atoms with Crippen LogP contribution in [0.1, 0.15) is 252 Å². The summed E-state index contributed by atoms with van der Waals surface area (Å²) in [5.41, 5.74) is 0. The molecule has 0 aromatic rings. The largest absolute Gasteiger partial charge is 0.479 e. The lowest BCUT2D eigenvalue weighted by molar-refractivity contribution is -0.301. The van der Waals surface area contributed by atoms with Crippen LogP contribution in [0, 0.1) is 0 Å². The third kappa shape index (κ3) is 39.5. The van der Waals surface area contributed by atoms with Gasteiger partial charge < -0.3 is 39.0 Å². The zero-order valence-electron chi connectivity index (χ0n) is 46.1. The van der Waals surface area contributed by atoms with Crippen LogP contribution in [0.4, 0.5) is 0 Å². The van der Waals surface area contributed by atoms with Crippen LogP contribution in [-0.2, 0) is 42.9 Å². The quantitative estimate of drug-likeness (QED) is 0.0228. The molecular formula is C61H104O12. The van der Waals surface area contributed by atoms with Crippen molar-refractivity contribution in [2.24, 2.45) is 0 Å². The van der Waals surface area contributed by atoms with Crippen molar-refractivity contribution in [1.82, 2.24) is 0 Å². The van der Waals surface area contributed by atoms with Gasteiger partial charge in [-0.15, -0.1) is 0 Å². The highest BCUT2D eigenvalue weighted by Gasteiger charge is 2.50. The fourth-order valence-corrected chi connectivity index (χ4v) is 8.49. The van der Waals surface area contributed by atoms with Crippen LogP contribution < -0.4 is 0 Å². The first-order valence-electron chi connectivity index (χ1n) is 29.3. The fourth-order valence-electron chi connectivity index (χ4n) is 8.49. The Labute approximate surface area is 443 Å². The van der Waals surface area contributed by atoms with E-state index in [4.69, 9.17) is 23.7 Å². The average molecular weight is 1030 g/mol. The molecule has 0 saturated carbocycles. The summed E-state index contributed by atoms with van der Waals surface area (Å²) in [7, 11) is 0. The molecule has 1 fully saturated rings. The molecule has 0 bridgehead atoms. The van der Waals surface area contributed by atoms with Gasteiger partial charge in [-0.25, -0.2) is 4.79 Å². The smallest absolute Gasteiger partial charge is 0.335 e. The summed E-state index contributed by atoms with van der Waals surface area (Å²) < 4.78 is 28.4. The predicted octanol–water partition coefficient (Wildman–Crippen LogP) is 14.8. The van der Waals surface area contributed by atoms with Crippen LogP contribution in [0.5, 0.6) is 0 Å². The minimum atomic E-state index is -1.91. The number of unbranched alkanes of at least 4 members (excludes halogenated alkanes) is 25. The van der Waals surface area contributed by atoms with E-state index < -0.39 is 67.3 Å². The van der Waals surface area contributed by atoms with Gasteiger partial charge >= 0.3 is 23.9 Å². The number of hydrogen-bond acceptors (Lipinski definition) is 11. The van der Waals surface area contributed by atoms with Gasteiger partial charge in [-0.2, -0.15) is 0 Å². The Morgan fingerprint density at radius 3 is 1.33 bits per heavy atom. The number of allylic oxidation sites excluding steroid dienone is 10. The highest BCUT2D eigenvalue weighted by atomic mass is 16.7. The van der Waals surface area contributed by atoms with Crippen LogP contribution in [0.25, 0.3) is 0 Å². The Hall–Kier alpha value is -3.58. The highest BCUT2D eigenvalue weighted by Crippen LogP contribution is 2.26. The first-order chi connectivity index (χ1) is 35.6. The van der Waals surface area contributed by atoms with E-state index in [1.807, 2.05) is 0 Å². The monoisotopic (exact) mass is 1030 g/mol. The second-order valence-electron chi connectivity index (χ2n) is 19.9. The lowest BCUT2D eigenvalue weighted by atomic mass is 9.98. The molecule has 0 spiro atoms. The van der Waals surface area contributed by atoms with Gasteiger partial charge in [-0.1, -0.05) is 191 Å². The first-order valence-corrected chi connectivity index (χ1v) is 29.3. The van der Waals surface area contributed by atoms with E-state index >= 15 is 0 Å². The Bertz CT molecular complexity index is 1500. The van der Waals surface area contributed by atoms with Crippen molar-refractivity contribution in [3.05, 3.63) is 60.8 Å². The third-order valence-electron chi connectivity index (χ3n) is 13.0. The summed E-state index contributed by atoms with van der Waals surface area (Å²) in [6.07, 6.45) is 47.6. The molecule has 0 aromatic carbocycles. The molecule has 1 aliphatic heterocycles. The minimum Gasteiger partial charge on any atom is -0.479 e. The van der Waals surface area contributed by atoms with E-state index in [9.17, 15) is 34.5 Å². The molecule has 1 saturated heterocycles. The topological polar surface area (TPSA) is 175 Å². The van der Waals surface area contributed by atoms with Crippen LogP contribution in [-0.4, -0.2) is 89.2 Å². The Balaban J connectivity index is 2.72. The molecule has 0 radical (unpaired) electrons. The number of ether oxygens (including phenoxy) is 5. The summed E-state index contributed by atoms with van der Waals surface area (Å²) in [5, 5.41) is 31.5. The minimum absolute atomic E-state index is 0.0471. The van der Waals surface area contributed by atoms with E-state index in [0.29, 0.717) is 19.3 Å². The molecule has 0 aliphatic carbocycles. The van der Waals surface area contributed by atoms with Crippen molar-refractivity contribution in [3.8, 4) is 0 Å². The number of esters is 3. The Morgan fingerprint density at radius 1 is 0.452 bits per heavy atom. The van der Waals surface area contributed by atoms with E-state index in [1.165, 1.54) is 57.8 Å². The zero-order valence-corrected chi connectivity index (χ0v) is 46.1. The van der Waals surface area contributed by atoms with Crippen LogP contribution >= 0.6 is 0 Å². The normalized spacial score (nSPS) is 18.7. The van der Waals surface area contributed by atoms with Gasteiger partial charge in [0.25, 0.3) is 0 Å². The average Bonchev–Trinajstić information content (AvgIpc) is 3.37. The Kier molecular flexibility index (Phi) is 45.5. The summed E-state index contributed by atoms with van der Waals surface area (Å²) in [6.45, 7) is 5.87. The zero-order chi connectivity index (χ0) is 53.3. The molecule has 6 unspecified atom stereocenters. The van der Waals surface area contributed by atoms with Gasteiger partial charge in [0, 0.05) is 19.3 Å². The van der Waals surface area contributed by atoms with Gasteiger partial charge in [0.1, 0.15) is 18.8 Å². The maximum atomic E-state index is 13.1. The van der Waals surface area contributed by atoms with Crippen molar-refractivity contribution in [2.75, 3.05) is 13.2 Å². The molecule has 6 atom stereocenters. The summed E-state index contributed by atoms with van der Waals surface area (Å²) in [5.74, 6) is -3.16. The molecule has 73 heavy (non-hydrogen) atoms. The molecule has 12 nitrogen and oxygen atoms in total. The number of aliphatic hydroxyl groups excluding tert-OH is 2. The maximum absolute atomic E-state index is 13.1. The molecule has 0 aromatic heterocycles. The molecule has 420 valence electrons. The van der Waals surface area contributed by atoms with Crippen LogP contribution in [0.2, 0.25) is 0 Å². The van der Waals surface area contributed by atoms with Gasteiger partial charge in [0.05, 0.1) is 6.61 Å². The summed E-state index contributed by atoms with van der Waals surface area (Å²) in [6, 6.07) is 0. The number of hydrogen-bond donors (Lipinski definition) is 3. The first kappa shape index (κ1) is 67.4. The SMILES string of the molecule is CCC/C=C\C/C=C\CCCCCCCC(=O)OC(COC(=O)CCCCCCC/C=C\C/C=C\CCCCC)COC1OC(C(=O)O)C(O)C(O)C1OC(=O)CCCCCCC/C=C\CCCCCCCC. The van der Waals surface area contributed by atoms with Crippen LogP contribution in [0.15, 0.2) is 60.8 Å². The van der Waals surface area contributed by atoms with Gasteiger partial charge in [0.15, 0.2) is 24.6 Å². The summed E-state index contributed by atoms with van der Waals surface area (Å²) in [4.78, 5) is 51.1. The molecule has 3 N–H and O–H groups in total. The highest BCUT2D eigenvalue weighted by molar-refractivity contribution is 5.74. The molecule has 12 heteroatoms.